The smallest absolute Gasteiger partial charge is 0.321 e. The summed E-state index contributed by atoms with van der Waals surface area (Å²) in [5, 5.41) is 2.89. The number of benzene rings is 1. The Labute approximate surface area is 148 Å². The van der Waals surface area contributed by atoms with Crippen molar-refractivity contribution in [3.63, 3.8) is 0 Å². The highest BCUT2D eigenvalue weighted by Gasteiger charge is 2.22. The lowest BCUT2D eigenvalue weighted by Crippen LogP contribution is -2.49. The molecule has 0 aliphatic carbocycles. The van der Waals surface area contributed by atoms with E-state index in [4.69, 9.17) is 4.74 Å². The molecule has 6 nitrogen and oxygen atoms in total. The zero-order valence-corrected chi connectivity index (χ0v) is 14.7. The molecule has 2 amide bonds. The van der Waals surface area contributed by atoms with Crippen LogP contribution >= 0.6 is 0 Å². The Morgan fingerprint density at radius 3 is 2.72 bits per heavy atom. The van der Waals surface area contributed by atoms with Gasteiger partial charge >= 0.3 is 6.03 Å². The zero-order valence-electron chi connectivity index (χ0n) is 14.7. The summed E-state index contributed by atoms with van der Waals surface area (Å²) in [4.78, 5) is 20.5. The highest BCUT2D eigenvalue weighted by molar-refractivity contribution is 5.89. The predicted molar refractivity (Wildman–Crippen MR) is 97.8 cm³/mol. The van der Waals surface area contributed by atoms with Crippen LogP contribution in [0.4, 0.5) is 10.5 Å². The molecule has 0 saturated carbocycles. The van der Waals surface area contributed by atoms with E-state index in [1.54, 1.807) is 19.5 Å². The van der Waals surface area contributed by atoms with Crippen molar-refractivity contribution >= 4 is 11.7 Å². The number of nitrogens with zero attached hydrogens (tertiary/aromatic N) is 3. The van der Waals surface area contributed by atoms with Crippen LogP contribution in [0.25, 0.3) is 0 Å². The number of piperazine rings is 1. The molecule has 1 aliphatic heterocycles. The van der Waals surface area contributed by atoms with Gasteiger partial charge in [-0.3, -0.25) is 9.88 Å². The number of carbonyl (C=O) groups is 1. The average Bonchev–Trinajstić information content (AvgIpc) is 2.63. The third-order valence-electron chi connectivity index (χ3n) is 4.40. The Morgan fingerprint density at radius 2 is 2.04 bits per heavy atom. The minimum Gasteiger partial charge on any atom is -0.496 e. The highest BCUT2D eigenvalue weighted by Crippen LogP contribution is 2.22. The maximum atomic E-state index is 12.3. The number of nitrogens with one attached hydrogen (secondary N) is 1. The molecule has 2 aromatic rings. The van der Waals surface area contributed by atoms with Crippen molar-refractivity contribution in [2.45, 2.75) is 13.5 Å². The number of carbonyl (C=O) groups excluding carboxylic acids is 1. The zero-order chi connectivity index (χ0) is 17.6. The molecule has 1 aliphatic rings. The van der Waals surface area contributed by atoms with Gasteiger partial charge in [0, 0.05) is 44.5 Å². The number of hydrogen-bond donors (Lipinski definition) is 1. The molecule has 0 bridgehead atoms. The number of hydrogen-bond acceptors (Lipinski definition) is 4. The fourth-order valence-electron chi connectivity index (χ4n) is 3.02. The second kappa shape index (κ2) is 7.98. The van der Waals surface area contributed by atoms with E-state index >= 15 is 0 Å². The summed E-state index contributed by atoms with van der Waals surface area (Å²) in [6.45, 7) is 6.03. The van der Waals surface area contributed by atoms with E-state index in [-0.39, 0.29) is 6.03 Å². The number of anilines is 1. The van der Waals surface area contributed by atoms with E-state index in [1.165, 1.54) is 11.1 Å². The number of aromatic nitrogens is 1. The second-order valence-electron chi connectivity index (χ2n) is 6.25. The van der Waals surface area contributed by atoms with E-state index in [0.717, 1.165) is 31.1 Å². The molecule has 6 heteroatoms. The second-order valence-corrected chi connectivity index (χ2v) is 6.25. The number of amides is 2. The molecule has 1 aromatic carbocycles. The first-order valence-corrected chi connectivity index (χ1v) is 8.47. The summed E-state index contributed by atoms with van der Waals surface area (Å²) in [7, 11) is 1.70. The van der Waals surface area contributed by atoms with Crippen LogP contribution in [0.2, 0.25) is 0 Å². The predicted octanol–water partition coefficient (Wildman–Crippen LogP) is 2.75. The highest BCUT2D eigenvalue weighted by atomic mass is 16.5. The SMILES string of the molecule is COc1ccc(C)cc1CN1CCN(C(=O)Nc2cccnc2)CC1. The van der Waals surface area contributed by atoms with Crippen LogP contribution in [0.5, 0.6) is 5.75 Å². The van der Waals surface area contributed by atoms with E-state index in [2.05, 4.69) is 34.3 Å². The van der Waals surface area contributed by atoms with Gasteiger partial charge in [-0.15, -0.1) is 0 Å². The van der Waals surface area contributed by atoms with Crippen molar-refractivity contribution < 1.29 is 9.53 Å². The number of rotatable bonds is 4. The Morgan fingerprint density at radius 1 is 1.24 bits per heavy atom. The molecule has 1 aromatic heterocycles. The van der Waals surface area contributed by atoms with Crippen LogP contribution in [0, 0.1) is 6.92 Å². The first kappa shape index (κ1) is 17.2. The van der Waals surface area contributed by atoms with Crippen molar-refractivity contribution in [1.82, 2.24) is 14.8 Å². The van der Waals surface area contributed by atoms with Gasteiger partial charge in [-0.1, -0.05) is 17.7 Å². The van der Waals surface area contributed by atoms with Crippen LogP contribution in [-0.2, 0) is 6.54 Å². The minimum absolute atomic E-state index is 0.0687. The van der Waals surface area contributed by atoms with Crippen molar-refractivity contribution in [2.24, 2.45) is 0 Å². The fourth-order valence-corrected chi connectivity index (χ4v) is 3.02. The largest absolute Gasteiger partial charge is 0.496 e. The number of urea groups is 1. The molecular formula is C19H24N4O2. The maximum Gasteiger partial charge on any atom is 0.321 e. The van der Waals surface area contributed by atoms with Gasteiger partial charge in [0.25, 0.3) is 0 Å². The van der Waals surface area contributed by atoms with Crippen LogP contribution in [0.1, 0.15) is 11.1 Å². The Hall–Kier alpha value is -2.60. The van der Waals surface area contributed by atoms with Crippen molar-refractivity contribution in [1.29, 1.82) is 0 Å². The maximum absolute atomic E-state index is 12.3. The first-order valence-electron chi connectivity index (χ1n) is 8.47. The van der Waals surface area contributed by atoms with Gasteiger partial charge in [0.15, 0.2) is 0 Å². The third kappa shape index (κ3) is 4.48. The van der Waals surface area contributed by atoms with Crippen molar-refractivity contribution in [2.75, 3.05) is 38.6 Å². The normalized spacial score (nSPS) is 15.0. The number of pyridine rings is 1. The summed E-state index contributed by atoms with van der Waals surface area (Å²) in [5.41, 5.74) is 3.14. The van der Waals surface area contributed by atoms with Gasteiger partial charge in [0.2, 0.25) is 0 Å². The molecule has 0 spiro atoms. The number of ether oxygens (including phenoxy) is 1. The molecule has 1 fully saturated rings. The average molecular weight is 340 g/mol. The standard InChI is InChI=1S/C19H24N4O2/c1-15-5-6-18(25-2)16(12-15)14-22-8-10-23(11-9-22)19(24)21-17-4-3-7-20-13-17/h3-7,12-13H,8-11,14H2,1-2H3,(H,21,24). The van der Waals surface area contributed by atoms with Crippen LogP contribution in [-0.4, -0.2) is 54.1 Å². The third-order valence-corrected chi connectivity index (χ3v) is 4.40. The Bertz CT molecular complexity index is 713. The van der Waals surface area contributed by atoms with Gasteiger partial charge in [0.1, 0.15) is 5.75 Å². The van der Waals surface area contributed by atoms with Gasteiger partial charge in [0.05, 0.1) is 19.0 Å². The summed E-state index contributed by atoms with van der Waals surface area (Å²) in [5.74, 6) is 0.919. The van der Waals surface area contributed by atoms with E-state index < -0.39 is 0 Å². The minimum atomic E-state index is -0.0687. The van der Waals surface area contributed by atoms with E-state index in [9.17, 15) is 4.79 Å². The molecule has 2 heterocycles. The van der Waals surface area contributed by atoms with Crippen LogP contribution < -0.4 is 10.1 Å². The molecule has 0 atom stereocenters. The Balaban J connectivity index is 1.53. The summed E-state index contributed by atoms with van der Waals surface area (Å²) in [6.07, 6.45) is 3.34. The molecule has 1 N–H and O–H groups in total. The topological polar surface area (TPSA) is 57.7 Å². The molecular weight excluding hydrogens is 316 g/mol. The summed E-state index contributed by atoms with van der Waals surface area (Å²) >= 11 is 0. The molecule has 25 heavy (non-hydrogen) atoms. The van der Waals surface area contributed by atoms with Gasteiger partial charge < -0.3 is 15.0 Å². The lowest BCUT2D eigenvalue weighted by atomic mass is 10.1. The van der Waals surface area contributed by atoms with E-state index in [0.29, 0.717) is 13.1 Å². The van der Waals surface area contributed by atoms with Crippen LogP contribution in [0.15, 0.2) is 42.7 Å². The molecule has 3 rings (SSSR count). The van der Waals surface area contributed by atoms with Gasteiger partial charge in [-0.2, -0.15) is 0 Å². The lowest BCUT2D eigenvalue weighted by molar-refractivity contribution is 0.142. The van der Waals surface area contributed by atoms with Crippen molar-refractivity contribution in [3.05, 3.63) is 53.9 Å². The summed E-state index contributed by atoms with van der Waals surface area (Å²) in [6, 6.07) is 9.82. The van der Waals surface area contributed by atoms with Crippen LogP contribution in [0.3, 0.4) is 0 Å². The molecule has 132 valence electrons. The quantitative estimate of drug-likeness (QED) is 0.930. The lowest BCUT2D eigenvalue weighted by Gasteiger charge is -2.34. The summed E-state index contributed by atoms with van der Waals surface area (Å²) < 4.78 is 5.46. The first-order chi connectivity index (χ1) is 12.2. The number of methoxy groups -OCH3 is 1. The van der Waals surface area contributed by atoms with Gasteiger partial charge in [-0.25, -0.2) is 4.79 Å². The Kier molecular flexibility index (Phi) is 5.50. The van der Waals surface area contributed by atoms with Crippen molar-refractivity contribution in [3.8, 4) is 5.75 Å². The van der Waals surface area contributed by atoms with E-state index in [1.807, 2.05) is 23.1 Å². The molecule has 0 radical (unpaired) electrons. The monoisotopic (exact) mass is 340 g/mol. The van der Waals surface area contributed by atoms with Gasteiger partial charge in [-0.05, 0) is 25.1 Å². The molecule has 1 saturated heterocycles. The fraction of sp³-hybridized carbons (Fsp3) is 0.368. The number of aryl methyl sites for hydroxylation is 1. The molecule has 0 unspecified atom stereocenters.